The maximum absolute atomic E-state index is 13.5. The van der Waals surface area contributed by atoms with Gasteiger partial charge in [0.15, 0.2) is 0 Å². The van der Waals surface area contributed by atoms with Gasteiger partial charge in [0.2, 0.25) is 11.8 Å². The van der Waals surface area contributed by atoms with Crippen LogP contribution in [-0.2, 0) is 21.6 Å². The Morgan fingerprint density at radius 1 is 1.09 bits per heavy atom. The number of hydrogen-bond donors (Lipinski definition) is 2. The van der Waals surface area contributed by atoms with Gasteiger partial charge in [0.1, 0.15) is 6.04 Å². The third-order valence-electron chi connectivity index (χ3n) is 7.09. The van der Waals surface area contributed by atoms with E-state index >= 15 is 0 Å². The molecule has 1 fully saturated rings. The first-order valence-corrected chi connectivity index (χ1v) is 12.4. The van der Waals surface area contributed by atoms with Crippen LogP contribution in [-0.4, -0.2) is 41.0 Å². The summed E-state index contributed by atoms with van der Waals surface area (Å²) in [7, 11) is 0. The van der Waals surface area contributed by atoms with Crippen molar-refractivity contribution in [3.05, 3.63) is 70.2 Å². The van der Waals surface area contributed by atoms with Crippen molar-refractivity contribution in [3.8, 4) is 0 Å². The van der Waals surface area contributed by atoms with Crippen molar-refractivity contribution < 1.29 is 14.7 Å². The van der Waals surface area contributed by atoms with Crippen LogP contribution in [0.2, 0.25) is 5.02 Å². The number of piperidine rings is 1. The minimum atomic E-state index is -1.07. The number of halogens is 1. The first-order valence-electron chi connectivity index (χ1n) is 12.0. The van der Waals surface area contributed by atoms with Gasteiger partial charge >= 0.3 is 0 Å². The van der Waals surface area contributed by atoms with Gasteiger partial charge in [-0.1, -0.05) is 81.3 Å². The standard InChI is InChI=1S/C28H37ClN2O3/c1-19(2)25(30-24(32)15-10-21-8-6-20(3)7-9-21)26(33)31-17-16-28(34,27(4,5)18-31)22-11-13-23(29)14-12-22/h6-9,11-14,19,25,34H,10,15-18H2,1-5H3,(H,30,32)/t25-,28+/m1/s1. The molecule has 6 heteroatoms. The van der Waals surface area contributed by atoms with Crippen LogP contribution in [0.25, 0.3) is 0 Å². The lowest BCUT2D eigenvalue weighted by Crippen LogP contribution is -2.60. The molecule has 0 aromatic heterocycles. The molecular formula is C28H37ClN2O3. The molecule has 2 aromatic carbocycles. The molecule has 34 heavy (non-hydrogen) atoms. The van der Waals surface area contributed by atoms with Gasteiger partial charge in [-0.05, 0) is 48.9 Å². The van der Waals surface area contributed by atoms with Crippen LogP contribution in [0.5, 0.6) is 0 Å². The number of carbonyl (C=O) groups excluding carboxylic acids is 2. The van der Waals surface area contributed by atoms with E-state index in [-0.39, 0.29) is 17.7 Å². The molecule has 0 spiro atoms. The predicted molar refractivity (Wildman–Crippen MR) is 137 cm³/mol. The molecule has 0 unspecified atom stereocenters. The number of rotatable bonds is 7. The zero-order chi connectivity index (χ0) is 25.1. The largest absolute Gasteiger partial charge is 0.384 e. The van der Waals surface area contributed by atoms with Crippen LogP contribution in [0.15, 0.2) is 48.5 Å². The minimum absolute atomic E-state index is 0.0454. The molecule has 0 saturated carbocycles. The summed E-state index contributed by atoms with van der Waals surface area (Å²) in [5.41, 5.74) is 1.45. The Kier molecular flexibility index (Phi) is 8.10. The van der Waals surface area contributed by atoms with Crippen molar-refractivity contribution in [2.24, 2.45) is 11.3 Å². The summed E-state index contributed by atoms with van der Waals surface area (Å²) in [6.45, 7) is 10.7. The van der Waals surface area contributed by atoms with Crippen LogP contribution < -0.4 is 5.32 Å². The first-order chi connectivity index (χ1) is 15.9. The molecule has 1 aliphatic rings. The highest BCUT2D eigenvalue weighted by molar-refractivity contribution is 6.30. The summed E-state index contributed by atoms with van der Waals surface area (Å²) in [6.07, 6.45) is 1.39. The van der Waals surface area contributed by atoms with E-state index in [4.69, 9.17) is 11.6 Å². The van der Waals surface area contributed by atoms with Crippen LogP contribution >= 0.6 is 11.6 Å². The quantitative estimate of drug-likeness (QED) is 0.589. The Hall–Kier alpha value is -2.37. The Morgan fingerprint density at radius 2 is 1.71 bits per heavy atom. The molecule has 1 heterocycles. The van der Waals surface area contributed by atoms with Gasteiger partial charge in [-0.15, -0.1) is 0 Å². The molecule has 184 valence electrons. The molecule has 2 N–H and O–H groups in total. The maximum atomic E-state index is 13.5. The molecular weight excluding hydrogens is 448 g/mol. The van der Waals surface area contributed by atoms with Gasteiger partial charge in [-0.2, -0.15) is 0 Å². The van der Waals surface area contributed by atoms with Crippen molar-refractivity contribution in [3.63, 3.8) is 0 Å². The van der Waals surface area contributed by atoms with Gasteiger partial charge in [0, 0.05) is 29.9 Å². The first kappa shape index (κ1) is 26.2. The van der Waals surface area contributed by atoms with E-state index in [2.05, 4.69) is 5.32 Å². The highest BCUT2D eigenvalue weighted by Gasteiger charge is 2.50. The highest BCUT2D eigenvalue weighted by Crippen LogP contribution is 2.46. The zero-order valence-electron chi connectivity index (χ0n) is 20.9. The molecule has 0 aliphatic carbocycles. The number of nitrogens with zero attached hydrogens (tertiary/aromatic N) is 1. The summed E-state index contributed by atoms with van der Waals surface area (Å²) in [5.74, 6) is -0.262. The van der Waals surface area contributed by atoms with Gasteiger partial charge in [-0.25, -0.2) is 0 Å². The number of benzene rings is 2. The van der Waals surface area contributed by atoms with Crippen molar-refractivity contribution in [2.45, 2.75) is 65.5 Å². The fraction of sp³-hybridized carbons (Fsp3) is 0.500. The lowest BCUT2D eigenvalue weighted by atomic mass is 9.66. The Morgan fingerprint density at radius 3 is 2.26 bits per heavy atom. The normalized spacial score (nSPS) is 20.8. The van der Waals surface area contributed by atoms with Crippen LogP contribution in [0, 0.1) is 18.3 Å². The lowest BCUT2D eigenvalue weighted by Gasteiger charge is -2.51. The average molecular weight is 485 g/mol. The smallest absolute Gasteiger partial charge is 0.245 e. The molecule has 2 atom stereocenters. The van der Waals surface area contributed by atoms with Crippen molar-refractivity contribution in [2.75, 3.05) is 13.1 Å². The number of amides is 2. The maximum Gasteiger partial charge on any atom is 0.245 e. The van der Waals surface area contributed by atoms with Gasteiger partial charge < -0.3 is 15.3 Å². The minimum Gasteiger partial charge on any atom is -0.384 e. The van der Waals surface area contributed by atoms with Gasteiger partial charge in [0.05, 0.1) is 5.60 Å². The van der Waals surface area contributed by atoms with E-state index in [1.54, 1.807) is 17.0 Å². The summed E-state index contributed by atoms with van der Waals surface area (Å²) < 4.78 is 0. The third kappa shape index (κ3) is 5.81. The molecule has 1 saturated heterocycles. The SMILES string of the molecule is Cc1ccc(CCC(=O)N[C@@H](C(=O)N2CC[C@](O)(c3ccc(Cl)cc3)C(C)(C)C2)C(C)C)cc1. The van der Waals surface area contributed by atoms with Crippen LogP contribution in [0.3, 0.4) is 0 Å². The van der Waals surface area contributed by atoms with Gasteiger partial charge in [0.25, 0.3) is 0 Å². The summed E-state index contributed by atoms with van der Waals surface area (Å²) in [6, 6.07) is 14.8. The Balaban J connectivity index is 1.65. The number of hydrogen-bond acceptors (Lipinski definition) is 3. The molecule has 3 rings (SSSR count). The van der Waals surface area contributed by atoms with E-state index < -0.39 is 17.1 Å². The predicted octanol–water partition coefficient (Wildman–Crippen LogP) is 4.87. The van der Waals surface area contributed by atoms with Crippen molar-refractivity contribution in [1.29, 1.82) is 0 Å². The monoisotopic (exact) mass is 484 g/mol. The van der Waals surface area contributed by atoms with Crippen molar-refractivity contribution >= 4 is 23.4 Å². The fourth-order valence-electron chi connectivity index (χ4n) is 4.74. The van der Waals surface area contributed by atoms with E-state index in [1.807, 2.05) is 71.0 Å². The fourth-order valence-corrected chi connectivity index (χ4v) is 4.87. The van der Waals surface area contributed by atoms with E-state index in [0.29, 0.717) is 37.4 Å². The second kappa shape index (κ2) is 10.5. The Labute approximate surface area is 208 Å². The van der Waals surface area contributed by atoms with Crippen LogP contribution in [0.4, 0.5) is 0 Å². The second-order valence-corrected chi connectivity index (χ2v) is 11.0. The number of likely N-dealkylation sites (tertiary alicyclic amines) is 1. The molecule has 0 radical (unpaired) electrons. The molecule has 2 amide bonds. The number of nitrogens with one attached hydrogen (secondary N) is 1. The molecule has 2 aromatic rings. The van der Waals surface area contributed by atoms with E-state index in [1.165, 1.54) is 5.56 Å². The number of aliphatic hydroxyl groups is 1. The van der Waals surface area contributed by atoms with Gasteiger partial charge in [-0.3, -0.25) is 9.59 Å². The lowest BCUT2D eigenvalue weighted by molar-refractivity contribution is -0.156. The topological polar surface area (TPSA) is 69.6 Å². The van der Waals surface area contributed by atoms with Crippen molar-refractivity contribution in [1.82, 2.24) is 10.2 Å². The summed E-state index contributed by atoms with van der Waals surface area (Å²) >= 11 is 6.03. The average Bonchev–Trinajstić information content (AvgIpc) is 2.78. The van der Waals surface area contributed by atoms with E-state index in [0.717, 1.165) is 11.1 Å². The zero-order valence-corrected chi connectivity index (χ0v) is 21.7. The van der Waals surface area contributed by atoms with E-state index in [9.17, 15) is 14.7 Å². The third-order valence-corrected chi connectivity index (χ3v) is 7.35. The Bertz CT molecular complexity index is 1000. The molecule has 5 nitrogen and oxygen atoms in total. The molecule has 0 bridgehead atoms. The molecule has 1 aliphatic heterocycles. The number of carbonyl (C=O) groups is 2. The summed E-state index contributed by atoms with van der Waals surface area (Å²) in [5, 5.41) is 15.2. The highest BCUT2D eigenvalue weighted by atomic mass is 35.5. The number of aryl methyl sites for hydroxylation is 2. The van der Waals surface area contributed by atoms with Crippen LogP contribution in [0.1, 0.15) is 57.2 Å². The summed E-state index contributed by atoms with van der Waals surface area (Å²) in [4.78, 5) is 28.0. The second-order valence-electron chi connectivity index (χ2n) is 10.5.